The molecule has 0 saturated carbocycles. The third-order valence-electron chi connectivity index (χ3n) is 17.3. The summed E-state index contributed by atoms with van der Waals surface area (Å²) in [5.41, 5.74) is 0. The van der Waals surface area contributed by atoms with Gasteiger partial charge in [0.2, 0.25) is 0 Å². The Balaban J connectivity index is 5.21. The second-order valence-corrected chi connectivity index (χ2v) is 31.9. The summed E-state index contributed by atoms with van der Waals surface area (Å²) in [6.07, 6.45) is 48.8. The maximum absolute atomic E-state index is 13.1. The SMILES string of the molecule is CC(C)CCCCCCCCCCCCCCCCCC(=O)OC[C@H](COP(=O)(O)OC[C@@H](O)COP(=O)(O)OC[C@@H](COC(=O)CCCCCCCCC(C)C)OC(=O)CCCCCCCCCCCCCCC(C)C)OC(=O)CCCCCCCCCCCC(C)C. The Labute approximate surface area is 575 Å². The molecule has 0 rings (SSSR count). The molecule has 94 heavy (non-hydrogen) atoms. The Kier molecular flexibility index (Phi) is 63.1. The van der Waals surface area contributed by atoms with Crippen LogP contribution >= 0.6 is 15.6 Å². The molecule has 0 aliphatic carbocycles. The van der Waals surface area contributed by atoms with Gasteiger partial charge in [-0.15, -0.1) is 0 Å². The standard InChI is InChI=1S/C75H146O17P2/c1-65(2)51-43-35-27-21-16-12-10-9-11-13-18-24-30-39-47-55-72(77)85-61-70(91-75(80)58-50-42-32-26-20-23-29-37-45-53-67(5)6)63-89-93(81,82)87-59-69(76)60-88-94(83,84)90-64-71(62-86-73(78)56-48-40-34-33-38-46-54-68(7)8)92-74(79)57-49-41-31-25-19-15-14-17-22-28-36-44-52-66(3)4/h65-71,76H,9-64H2,1-8H3,(H,81,82)(H,83,84)/t69-,70-,71-/m1/s1. The van der Waals surface area contributed by atoms with Crippen molar-refractivity contribution in [2.75, 3.05) is 39.6 Å². The van der Waals surface area contributed by atoms with Gasteiger partial charge < -0.3 is 33.8 Å². The van der Waals surface area contributed by atoms with E-state index in [2.05, 4.69) is 55.4 Å². The molecule has 0 aliphatic heterocycles. The van der Waals surface area contributed by atoms with Crippen molar-refractivity contribution in [2.24, 2.45) is 23.7 Å². The van der Waals surface area contributed by atoms with Crippen LogP contribution in [0.3, 0.4) is 0 Å². The van der Waals surface area contributed by atoms with Crippen LogP contribution in [0.15, 0.2) is 0 Å². The van der Waals surface area contributed by atoms with Crippen LogP contribution in [0.5, 0.6) is 0 Å². The Morgan fingerprint density at radius 1 is 0.266 bits per heavy atom. The maximum atomic E-state index is 13.1. The molecule has 2 unspecified atom stereocenters. The van der Waals surface area contributed by atoms with Crippen molar-refractivity contribution in [3.05, 3.63) is 0 Å². The van der Waals surface area contributed by atoms with E-state index in [-0.39, 0.29) is 25.7 Å². The van der Waals surface area contributed by atoms with Crippen LogP contribution in [0.1, 0.15) is 376 Å². The molecule has 0 aliphatic rings. The first-order valence-corrected chi connectivity index (χ1v) is 41.7. The predicted octanol–water partition coefficient (Wildman–Crippen LogP) is 21.7. The summed E-state index contributed by atoms with van der Waals surface area (Å²) >= 11 is 0. The molecule has 0 heterocycles. The molecule has 3 N–H and O–H groups in total. The lowest BCUT2D eigenvalue weighted by Crippen LogP contribution is -2.30. The first kappa shape index (κ1) is 92.1. The van der Waals surface area contributed by atoms with Gasteiger partial charge in [0.15, 0.2) is 12.2 Å². The molecule has 0 radical (unpaired) electrons. The van der Waals surface area contributed by atoms with E-state index in [9.17, 15) is 43.2 Å². The van der Waals surface area contributed by atoms with Crippen LogP contribution in [0, 0.1) is 23.7 Å². The molecule has 0 bridgehead atoms. The smallest absolute Gasteiger partial charge is 0.462 e. The fourth-order valence-corrected chi connectivity index (χ4v) is 13.0. The van der Waals surface area contributed by atoms with Crippen LogP contribution < -0.4 is 0 Å². The van der Waals surface area contributed by atoms with E-state index >= 15 is 0 Å². The second-order valence-electron chi connectivity index (χ2n) is 28.9. The monoisotopic (exact) mass is 1380 g/mol. The Hall–Kier alpha value is -1.94. The summed E-state index contributed by atoms with van der Waals surface area (Å²) in [5, 5.41) is 10.6. The zero-order valence-electron chi connectivity index (χ0n) is 61.6. The van der Waals surface area contributed by atoms with E-state index in [1.54, 1.807) is 0 Å². The number of phosphoric ester groups is 2. The molecule has 0 aromatic heterocycles. The number of aliphatic hydroxyl groups excluding tert-OH is 1. The molecule has 0 amide bonds. The van der Waals surface area contributed by atoms with Gasteiger partial charge in [0.25, 0.3) is 0 Å². The normalized spacial score (nSPS) is 14.2. The first-order valence-electron chi connectivity index (χ1n) is 38.7. The molecule has 17 nitrogen and oxygen atoms in total. The highest BCUT2D eigenvalue weighted by atomic mass is 31.2. The number of carbonyl (C=O) groups excluding carboxylic acids is 4. The lowest BCUT2D eigenvalue weighted by Gasteiger charge is -2.21. The topological polar surface area (TPSA) is 237 Å². The lowest BCUT2D eigenvalue weighted by atomic mass is 10.0. The van der Waals surface area contributed by atoms with Gasteiger partial charge in [0.05, 0.1) is 26.4 Å². The maximum Gasteiger partial charge on any atom is 0.472 e. The zero-order valence-corrected chi connectivity index (χ0v) is 63.4. The van der Waals surface area contributed by atoms with Crippen LogP contribution in [0.25, 0.3) is 0 Å². The van der Waals surface area contributed by atoms with Crippen molar-refractivity contribution in [3.63, 3.8) is 0 Å². The average Bonchev–Trinajstić information content (AvgIpc) is 2.23. The van der Waals surface area contributed by atoms with E-state index < -0.39 is 97.5 Å². The van der Waals surface area contributed by atoms with Crippen LogP contribution in [-0.4, -0.2) is 96.7 Å². The minimum Gasteiger partial charge on any atom is -0.462 e. The van der Waals surface area contributed by atoms with E-state index in [0.29, 0.717) is 31.6 Å². The third-order valence-corrected chi connectivity index (χ3v) is 19.2. The van der Waals surface area contributed by atoms with Gasteiger partial charge in [-0.3, -0.25) is 37.3 Å². The van der Waals surface area contributed by atoms with Crippen molar-refractivity contribution in [1.82, 2.24) is 0 Å². The number of aliphatic hydroxyl groups is 1. The molecule has 558 valence electrons. The van der Waals surface area contributed by atoms with Crippen molar-refractivity contribution in [3.8, 4) is 0 Å². The van der Waals surface area contributed by atoms with E-state index in [1.807, 2.05) is 0 Å². The van der Waals surface area contributed by atoms with Gasteiger partial charge in [0, 0.05) is 25.7 Å². The van der Waals surface area contributed by atoms with Gasteiger partial charge >= 0.3 is 39.5 Å². The highest BCUT2D eigenvalue weighted by molar-refractivity contribution is 7.47. The van der Waals surface area contributed by atoms with E-state index in [0.717, 1.165) is 114 Å². The van der Waals surface area contributed by atoms with Crippen LogP contribution in [-0.2, 0) is 65.4 Å². The molecule has 0 aromatic rings. The molecular formula is C75H146O17P2. The quantitative estimate of drug-likeness (QED) is 0.0222. The third kappa shape index (κ3) is 68.6. The summed E-state index contributed by atoms with van der Waals surface area (Å²) < 4.78 is 68.4. The lowest BCUT2D eigenvalue weighted by molar-refractivity contribution is -0.161. The largest absolute Gasteiger partial charge is 0.472 e. The number of unbranched alkanes of at least 4 members (excludes halogenated alkanes) is 38. The number of phosphoric acid groups is 2. The summed E-state index contributed by atoms with van der Waals surface area (Å²) in [7, 11) is -9.91. The molecule has 19 heteroatoms. The van der Waals surface area contributed by atoms with Crippen molar-refractivity contribution >= 4 is 39.5 Å². The number of carbonyl (C=O) groups is 4. The van der Waals surface area contributed by atoms with Crippen LogP contribution in [0.4, 0.5) is 0 Å². The van der Waals surface area contributed by atoms with Gasteiger partial charge in [-0.25, -0.2) is 9.13 Å². The molecule has 5 atom stereocenters. The summed E-state index contributed by atoms with van der Waals surface area (Å²) in [6.45, 7) is 14.1. The van der Waals surface area contributed by atoms with Gasteiger partial charge in [-0.1, -0.05) is 325 Å². The fourth-order valence-electron chi connectivity index (χ4n) is 11.4. The fraction of sp³-hybridized carbons (Fsp3) is 0.947. The molecule has 0 aromatic carbocycles. The van der Waals surface area contributed by atoms with Crippen LogP contribution in [0.2, 0.25) is 0 Å². The minimum atomic E-state index is -4.96. The first-order chi connectivity index (χ1) is 45.1. The zero-order chi connectivity index (χ0) is 69.6. The number of hydrogen-bond acceptors (Lipinski definition) is 15. The minimum absolute atomic E-state index is 0.105. The summed E-state index contributed by atoms with van der Waals surface area (Å²) in [5.74, 6) is 0.874. The summed E-state index contributed by atoms with van der Waals surface area (Å²) in [4.78, 5) is 72.7. The van der Waals surface area contributed by atoms with Crippen molar-refractivity contribution in [1.29, 1.82) is 0 Å². The number of hydrogen-bond donors (Lipinski definition) is 3. The van der Waals surface area contributed by atoms with Gasteiger partial charge in [-0.05, 0) is 49.4 Å². The number of rotatable bonds is 72. The summed E-state index contributed by atoms with van der Waals surface area (Å²) in [6, 6.07) is 0. The second kappa shape index (κ2) is 64.4. The molecule has 0 fully saturated rings. The predicted molar refractivity (Wildman–Crippen MR) is 381 cm³/mol. The van der Waals surface area contributed by atoms with Crippen molar-refractivity contribution in [2.45, 2.75) is 395 Å². The average molecular weight is 1380 g/mol. The van der Waals surface area contributed by atoms with Crippen molar-refractivity contribution < 1.29 is 80.2 Å². The van der Waals surface area contributed by atoms with E-state index in [4.69, 9.17) is 37.0 Å². The highest BCUT2D eigenvalue weighted by Crippen LogP contribution is 2.45. The van der Waals surface area contributed by atoms with Gasteiger partial charge in [-0.2, -0.15) is 0 Å². The molecular weight excluding hydrogens is 1230 g/mol. The number of esters is 4. The van der Waals surface area contributed by atoms with Gasteiger partial charge in [0.1, 0.15) is 19.3 Å². The molecule has 0 saturated heterocycles. The number of ether oxygens (including phenoxy) is 4. The Morgan fingerprint density at radius 2 is 0.447 bits per heavy atom. The van der Waals surface area contributed by atoms with E-state index in [1.165, 1.54) is 173 Å². The highest BCUT2D eigenvalue weighted by Gasteiger charge is 2.30. The molecule has 0 spiro atoms. The Morgan fingerprint density at radius 3 is 0.660 bits per heavy atom. The Bertz CT molecular complexity index is 1850.